The Hall–Kier alpha value is -3.69. The summed E-state index contributed by atoms with van der Waals surface area (Å²) < 4.78 is 135. The fourth-order valence-corrected chi connectivity index (χ4v) is 3.51. The van der Waals surface area contributed by atoms with Crippen LogP contribution in [0.15, 0.2) is 42.5 Å². The summed E-state index contributed by atoms with van der Waals surface area (Å²) in [4.78, 5) is 24.7. The highest BCUT2D eigenvalue weighted by Gasteiger charge is 2.73. The summed E-state index contributed by atoms with van der Waals surface area (Å²) in [6, 6.07) is 5.56. The number of aliphatic hydroxyl groups is 1. The molecule has 3 N–H and O–H groups in total. The molecule has 2 aromatic carbocycles. The molecule has 2 rings (SSSR count). The Morgan fingerprint density at radius 3 is 1.90 bits per heavy atom. The summed E-state index contributed by atoms with van der Waals surface area (Å²) in [5.41, 5.74) is -13.1. The number of aryl methyl sites for hydroxylation is 1. The molecule has 0 bridgehead atoms. The van der Waals surface area contributed by atoms with Crippen molar-refractivity contribution in [3.63, 3.8) is 0 Å². The Morgan fingerprint density at radius 2 is 1.43 bits per heavy atom. The summed E-state index contributed by atoms with van der Waals surface area (Å²) in [6.07, 6.45) is -18.2. The van der Waals surface area contributed by atoms with Gasteiger partial charge in [0.1, 0.15) is 5.75 Å². The summed E-state index contributed by atoms with van der Waals surface area (Å²) >= 11 is 0. The second kappa shape index (κ2) is 11.4. The lowest BCUT2D eigenvalue weighted by Gasteiger charge is -2.39. The van der Waals surface area contributed by atoms with E-state index in [2.05, 4.69) is 4.74 Å². The largest absolute Gasteiger partial charge is 0.493 e. The SMILES string of the molecule is CCOC(=O)C(O)(c1ccc(NC(NC(=O)c2ccccc2OCC)(C(F)(F)F)C(F)(F)F)c(C)c1)C(F)(F)F. The van der Waals surface area contributed by atoms with E-state index in [0.717, 1.165) is 36.6 Å². The molecule has 0 aliphatic heterocycles. The number of hydrogen-bond donors (Lipinski definition) is 3. The van der Waals surface area contributed by atoms with Gasteiger partial charge in [0.2, 0.25) is 0 Å². The smallest absolute Gasteiger partial charge is 0.439 e. The summed E-state index contributed by atoms with van der Waals surface area (Å²) in [7, 11) is 0. The predicted molar refractivity (Wildman–Crippen MR) is 121 cm³/mol. The lowest BCUT2D eigenvalue weighted by molar-refractivity contribution is -0.294. The lowest BCUT2D eigenvalue weighted by Crippen LogP contribution is -2.72. The zero-order chi connectivity index (χ0) is 30.7. The fraction of sp³-hybridized carbons (Fsp3) is 0.417. The number of anilines is 1. The highest BCUT2D eigenvalue weighted by atomic mass is 19.4. The molecule has 0 aromatic heterocycles. The molecule has 0 saturated heterocycles. The number of esters is 1. The molecule has 16 heteroatoms. The minimum Gasteiger partial charge on any atom is -0.493 e. The van der Waals surface area contributed by atoms with Crippen LogP contribution >= 0.6 is 0 Å². The Kier molecular flexibility index (Phi) is 9.29. The number of alkyl halides is 9. The molecule has 0 spiro atoms. The zero-order valence-electron chi connectivity index (χ0n) is 20.9. The Labute approximate surface area is 221 Å². The van der Waals surface area contributed by atoms with Gasteiger partial charge in [-0.3, -0.25) is 4.79 Å². The molecule has 1 atom stereocenters. The maximum atomic E-state index is 14.2. The van der Waals surface area contributed by atoms with E-state index in [4.69, 9.17) is 4.74 Å². The van der Waals surface area contributed by atoms with Crippen LogP contribution in [0.25, 0.3) is 0 Å². The van der Waals surface area contributed by atoms with Crippen LogP contribution in [0.5, 0.6) is 5.75 Å². The van der Waals surface area contributed by atoms with Crippen LogP contribution in [0.2, 0.25) is 0 Å². The van der Waals surface area contributed by atoms with Gasteiger partial charge in [0.15, 0.2) is 0 Å². The quantitative estimate of drug-likeness (QED) is 0.207. The number of amides is 1. The minimum atomic E-state index is -6.26. The first-order valence-corrected chi connectivity index (χ1v) is 11.3. The van der Waals surface area contributed by atoms with E-state index in [-0.39, 0.29) is 12.4 Å². The molecule has 0 aliphatic carbocycles. The van der Waals surface area contributed by atoms with Gasteiger partial charge in [-0.25, -0.2) is 4.79 Å². The molecule has 0 radical (unpaired) electrons. The summed E-state index contributed by atoms with van der Waals surface area (Å²) in [6.45, 7) is 2.76. The molecule has 0 fully saturated rings. The lowest BCUT2D eigenvalue weighted by atomic mass is 9.91. The van der Waals surface area contributed by atoms with Crippen LogP contribution < -0.4 is 15.4 Å². The van der Waals surface area contributed by atoms with Crippen LogP contribution in [-0.2, 0) is 15.1 Å². The number of para-hydroxylation sites is 1. The van der Waals surface area contributed by atoms with Crippen molar-refractivity contribution in [2.45, 2.75) is 50.6 Å². The van der Waals surface area contributed by atoms with Gasteiger partial charge in [-0.15, -0.1) is 0 Å². The number of hydrogen-bond acceptors (Lipinski definition) is 6. The van der Waals surface area contributed by atoms with Crippen LogP contribution in [0, 0.1) is 6.92 Å². The molecule has 40 heavy (non-hydrogen) atoms. The number of halogens is 9. The molecule has 0 saturated carbocycles. The first kappa shape index (κ1) is 32.5. The van der Waals surface area contributed by atoms with E-state index < -0.39 is 70.7 Å². The average molecular weight is 590 g/mol. The topological polar surface area (TPSA) is 96.9 Å². The third-order valence-corrected chi connectivity index (χ3v) is 5.53. The maximum absolute atomic E-state index is 14.2. The van der Waals surface area contributed by atoms with Crippen molar-refractivity contribution in [2.75, 3.05) is 18.5 Å². The van der Waals surface area contributed by atoms with Crippen molar-refractivity contribution >= 4 is 17.6 Å². The van der Waals surface area contributed by atoms with Crippen molar-refractivity contribution in [1.82, 2.24) is 5.32 Å². The van der Waals surface area contributed by atoms with Gasteiger partial charge >= 0.3 is 30.2 Å². The van der Waals surface area contributed by atoms with Crippen LogP contribution in [-0.4, -0.2) is 54.4 Å². The Bertz CT molecular complexity index is 1210. The number of carbonyl (C=O) groups excluding carboxylic acids is 2. The predicted octanol–water partition coefficient (Wildman–Crippen LogP) is 5.37. The number of carbonyl (C=O) groups is 2. The standard InChI is InChI=1S/C24H23F9N2O5/c1-4-39-17-9-7-6-8-15(17)18(36)35-21(23(28,29)30,24(31,32)33)34-16-11-10-14(12-13(16)3)20(38,22(25,26)27)19(37)40-5-2/h6-12,34,38H,4-5H2,1-3H3,(H,35,36). The third-order valence-electron chi connectivity index (χ3n) is 5.53. The zero-order valence-corrected chi connectivity index (χ0v) is 20.9. The maximum Gasteiger partial charge on any atom is 0.439 e. The first-order valence-electron chi connectivity index (χ1n) is 11.3. The molecular formula is C24H23F9N2O5. The Balaban J connectivity index is 2.66. The highest BCUT2D eigenvalue weighted by molar-refractivity contribution is 5.97. The van der Waals surface area contributed by atoms with E-state index >= 15 is 0 Å². The minimum absolute atomic E-state index is 0.0756. The van der Waals surface area contributed by atoms with Gasteiger partial charge in [-0.2, -0.15) is 39.5 Å². The third kappa shape index (κ3) is 6.05. The van der Waals surface area contributed by atoms with E-state index in [1.807, 2.05) is 0 Å². The van der Waals surface area contributed by atoms with Crippen molar-refractivity contribution in [2.24, 2.45) is 0 Å². The van der Waals surface area contributed by atoms with Crippen molar-refractivity contribution in [1.29, 1.82) is 0 Å². The highest BCUT2D eigenvalue weighted by Crippen LogP contribution is 2.46. The van der Waals surface area contributed by atoms with Crippen LogP contribution in [0.3, 0.4) is 0 Å². The number of benzene rings is 2. The van der Waals surface area contributed by atoms with Gasteiger partial charge in [0, 0.05) is 11.3 Å². The number of nitrogens with one attached hydrogen (secondary N) is 2. The second-order valence-electron chi connectivity index (χ2n) is 8.21. The van der Waals surface area contributed by atoms with Gasteiger partial charge in [-0.1, -0.05) is 24.3 Å². The molecular weight excluding hydrogens is 567 g/mol. The number of ether oxygens (including phenoxy) is 2. The molecule has 2 aromatic rings. The van der Waals surface area contributed by atoms with Gasteiger partial charge < -0.3 is 25.2 Å². The van der Waals surface area contributed by atoms with E-state index in [1.165, 1.54) is 19.1 Å². The van der Waals surface area contributed by atoms with E-state index in [0.29, 0.717) is 18.2 Å². The fourth-order valence-electron chi connectivity index (χ4n) is 3.51. The van der Waals surface area contributed by atoms with E-state index in [1.54, 1.807) is 0 Å². The molecule has 222 valence electrons. The molecule has 0 aliphatic rings. The molecule has 0 heterocycles. The number of rotatable bonds is 9. The van der Waals surface area contributed by atoms with Gasteiger partial charge in [0.25, 0.3) is 11.5 Å². The summed E-state index contributed by atoms with van der Waals surface area (Å²) in [5.74, 6) is -4.32. The van der Waals surface area contributed by atoms with Crippen molar-refractivity contribution in [3.05, 3.63) is 59.2 Å². The van der Waals surface area contributed by atoms with E-state index in [9.17, 15) is 54.2 Å². The monoisotopic (exact) mass is 590 g/mol. The van der Waals surface area contributed by atoms with Crippen LogP contribution in [0.1, 0.15) is 35.3 Å². The molecule has 1 unspecified atom stereocenters. The molecule has 1 amide bonds. The van der Waals surface area contributed by atoms with Crippen molar-refractivity contribution in [3.8, 4) is 5.75 Å². The molecule has 7 nitrogen and oxygen atoms in total. The van der Waals surface area contributed by atoms with Crippen LogP contribution in [0.4, 0.5) is 45.2 Å². The average Bonchev–Trinajstić information content (AvgIpc) is 2.82. The van der Waals surface area contributed by atoms with Crippen molar-refractivity contribution < 1.29 is 63.7 Å². The first-order chi connectivity index (χ1) is 18.3. The summed E-state index contributed by atoms with van der Waals surface area (Å²) in [5, 5.41) is 12.3. The van der Waals surface area contributed by atoms with Gasteiger partial charge in [0.05, 0.1) is 18.8 Å². The normalized spacial score (nSPS) is 14.2. The second-order valence-corrected chi connectivity index (χ2v) is 8.21. The Morgan fingerprint density at radius 1 is 0.850 bits per heavy atom. The van der Waals surface area contributed by atoms with Gasteiger partial charge in [-0.05, 0) is 44.5 Å².